The van der Waals surface area contributed by atoms with E-state index in [1.165, 1.54) is 6.07 Å². The van der Waals surface area contributed by atoms with Crippen LogP contribution in [0.25, 0.3) is 0 Å². The van der Waals surface area contributed by atoms with Crippen LogP contribution in [0.3, 0.4) is 0 Å². The molecule has 108 valence electrons. The highest BCUT2D eigenvalue weighted by Crippen LogP contribution is 2.30. The molecule has 1 aromatic rings. The van der Waals surface area contributed by atoms with Gasteiger partial charge in [-0.25, -0.2) is 13.1 Å². The second-order valence-electron chi connectivity index (χ2n) is 4.67. The van der Waals surface area contributed by atoms with Crippen LogP contribution >= 0.6 is 11.6 Å². The minimum absolute atomic E-state index is 0.0882. The topological polar surface area (TPSA) is 55.4 Å². The van der Waals surface area contributed by atoms with E-state index in [1.54, 1.807) is 19.9 Å². The molecule has 1 aromatic carbocycles. The van der Waals surface area contributed by atoms with Gasteiger partial charge in [-0.1, -0.05) is 18.5 Å². The molecule has 0 radical (unpaired) electrons. The molecule has 0 unspecified atom stereocenters. The highest BCUT2D eigenvalue weighted by Gasteiger charge is 2.22. The van der Waals surface area contributed by atoms with Crippen LogP contribution in [0, 0.1) is 6.92 Å². The van der Waals surface area contributed by atoms with E-state index >= 15 is 0 Å². The molecule has 0 atom stereocenters. The van der Waals surface area contributed by atoms with Gasteiger partial charge < -0.3 is 4.74 Å². The summed E-state index contributed by atoms with van der Waals surface area (Å²) in [4.78, 5) is 0.0882. The highest BCUT2D eigenvalue weighted by atomic mass is 35.5. The number of benzene rings is 1. The molecular weight excluding hydrogens is 286 g/mol. The molecule has 4 nitrogen and oxygen atoms in total. The first-order valence-electron chi connectivity index (χ1n) is 6.23. The maximum atomic E-state index is 12.2. The van der Waals surface area contributed by atoms with Crippen molar-refractivity contribution in [3.63, 3.8) is 0 Å². The predicted molar refractivity (Wildman–Crippen MR) is 77.4 cm³/mol. The number of hydrogen-bond acceptors (Lipinski definition) is 3. The maximum absolute atomic E-state index is 12.2. The van der Waals surface area contributed by atoms with Crippen molar-refractivity contribution in [2.75, 3.05) is 6.61 Å². The number of nitrogens with one attached hydrogen (secondary N) is 1. The van der Waals surface area contributed by atoms with Gasteiger partial charge in [0.1, 0.15) is 10.6 Å². The molecule has 0 fully saturated rings. The Balaban J connectivity index is 3.27. The van der Waals surface area contributed by atoms with E-state index in [1.807, 2.05) is 13.8 Å². The number of rotatable bonds is 6. The highest BCUT2D eigenvalue weighted by molar-refractivity contribution is 7.89. The van der Waals surface area contributed by atoms with Gasteiger partial charge >= 0.3 is 0 Å². The van der Waals surface area contributed by atoms with Gasteiger partial charge in [-0.15, -0.1) is 0 Å². The van der Waals surface area contributed by atoms with Gasteiger partial charge in [-0.05, 0) is 44.9 Å². The SMILES string of the molecule is CCCOc1cc(C)c(Cl)cc1S(=O)(=O)NC(C)C. The second-order valence-corrected chi connectivity index (χ2v) is 6.76. The molecular formula is C13H20ClNO3S. The molecule has 0 amide bonds. The van der Waals surface area contributed by atoms with Crippen molar-refractivity contribution >= 4 is 21.6 Å². The monoisotopic (exact) mass is 305 g/mol. The molecule has 0 spiro atoms. The fraction of sp³-hybridized carbons (Fsp3) is 0.538. The van der Waals surface area contributed by atoms with Gasteiger partial charge in [0, 0.05) is 11.1 Å². The fourth-order valence-corrected chi connectivity index (χ4v) is 3.18. The molecule has 0 aromatic heterocycles. The van der Waals surface area contributed by atoms with Crippen molar-refractivity contribution in [1.29, 1.82) is 0 Å². The Morgan fingerprint density at radius 1 is 1.37 bits per heavy atom. The van der Waals surface area contributed by atoms with E-state index in [4.69, 9.17) is 16.3 Å². The zero-order valence-corrected chi connectivity index (χ0v) is 13.2. The second kappa shape index (κ2) is 6.59. The quantitative estimate of drug-likeness (QED) is 0.878. The third-order valence-corrected chi connectivity index (χ3v) is 4.45. The van der Waals surface area contributed by atoms with E-state index in [9.17, 15) is 8.42 Å². The van der Waals surface area contributed by atoms with Gasteiger partial charge in [0.2, 0.25) is 10.0 Å². The van der Waals surface area contributed by atoms with Crippen LogP contribution in [0.5, 0.6) is 5.75 Å². The number of ether oxygens (including phenoxy) is 1. The van der Waals surface area contributed by atoms with Crippen LogP contribution < -0.4 is 9.46 Å². The summed E-state index contributed by atoms with van der Waals surface area (Å²) in [5, 5.41) is 0.410. The van der Waals surface area contributed by atoms with Crippen LogP contribution in [-0.4, -0.2) is 21.1 Å². The number of halogens is 1. The van der Waals surface area contributed by atoms with Gasteiger partial charge in [-0.3, -0.25) is 0 Å². The third kappa shape index (κ3) is 4.37. The predicted octanol–water partition coefficient (Wildman–Crippen LogP) is 3.12. The summed E-state index contributed by atoms with van der Waals surface area (Å²) >= 11 is 6.01. The van der Waals surface area contributed by atoms with Crippen LogP contribution in [0.2, 0.25) is 5.02 Å². The first-order chi connectivity index (χ1) is 8.77. The lowest BCUT2D eigenvalue weighted by molar-refractivity contribution is 0.309. The fourth-order valence-electron chi connectivity index (χ4n) is 1.55. The lowest BCUT2D eigenvalue weighted by Crippen LogP contribution is -2.30. The van der Waals surface area contributed by atoms with Gasteiger partial charge in [-0.2, -0.15) is 0 Å². The average Bonchev–Trinajstić information content (AvgIpc) is 2.28. The molecule has 0 aliphatic rings. The van der Waals surface area contributed by atoms with Crippen LogP contribution in [-0.2, 0) is 10.0 Å². The molecule has 6 heteroatoms. The summed E-state index contributed by atoms with van der Waals surface area (Å²) in [7, 11) is -3.62. The van der Waals surface area contributed by atoms with E-state index in [-0.39, 0.29) is 10.9 Å². The van der Waals surface area contributed by atoms with E-state index < -0.39 is 10.0 Å². The molecule has 0 aliphatic carbocycles. The molecule has 0 saturated heterocycles. The van der Waals surface area contributed by atoms with E-state index in [2.05, 4.69) is 4.72 Å². The van der Waals surface area contributed by atoms with Crippen LogP contribution in [0.15, 0.2) is 17.0 Å². The van der Waals surface area contributed by atoms with Crippen molar-refractivity contribution in [3.05, 3.63) is 22.7 Å². The molecule has 0 saturated carbocycles. The molecule has 0 heterocycles. The summed E-state index contributed by atoms with van der Waals surface area (Å²) in [6, 6.07) is 2.91. The van der Waals surface area contributed by atoms with Crippen molar-refractivity contribution in [3.8, 4) is 5.75 Å². The summed E-state index contributed by atoms with van der Waals surface area (Å²) in [6.07, 6.45) is 0.804. The summed E-state index contributed by atoms with van der Waals surface area (Å²) in [5.41, 5.74) is 0.788. The minimum Gasteiger partial charge on any atom is -0.492 e. The van der Waals surface area contributed by atoms with Gasteiger partial charge in [0.15, 0.2) is 0 Å². The third-order valence-electron chi connectivity index (χ3n) is 2.37. The first-order valence-corrected chi connectivity index (χ1v) is 8.09. The Morgan fingerprint density at radius 2 is 2.00 bits per heavy atom. The van der Waals surface area contributed by atoms with Crippen molar-refractivity contribution in [2.45, 2.75) is 45.1 Å². The zero-order valence-electron chi connectivity index (χ0n) is 11.7. The normalized spacial score (nSPS) is 11.9. The number of hydrogen-bond donors (Lipinski definition) is 1. The molecule has 1 N–H and O–H groups in total. The van der Waals surface area contributed by atoms with Crippen molar-refractivity contribution < 1.29 is 13.2 Å². The smallest absolute Gasteiger partial charge is 0.244 e. The average molecular weight is 306 g/mol. The first kappa shape index (κ1) is 16.3. The lowest BCUT2D eigenvalue weighted by atomic mass is 10.2. The standard InChI is InChI=1S/C13H20ClNO3S/c1-5-6-18-12-7-10(4)11(14)8-13(12)19(16,17)15-9(2)3/h7-9,15H,5-6H2,1-4H3. The Kier molecular flexibility index (Phi) is 5.64. The Bertz CT molecular complexity index is 541. The Hall–Kier alpha value is -0.780. The maximum Gasteiger partial charge on any atom is 0.244 e. The molecule has 0 aliphatic heterocycles. The molecule has 0 bridgehead atoms. The molecule has 1 rings (SSSR count). The van der Waals surface area contributed by atoms with E-state index in [0.717, 1.165) is 12.0 Å². The van der Waals surface area contributed by atoms with Crippen LogP contribution in [0.1, 0.15) is 32.8 Å². The zero-order chi connectivity index (χ0) is 14.6. The number of aryl methyl sites for hydroxylation is 1. The van der Waals surface area contributed by atoms with Crippen molar-refractivity contribution in [1.82, 2.24) is 4.72 Å². The Morgan fingerprint density at radius 3 is 2.53 bits per heavy atom. The lowest BCUT2D eigenvalue weighted by Gasteiger charge is -2.15. The summed E-state index contributed by atoms with van der Waals surface area (Å²) in [5.74, 6) is 0.344. The summed E-state index contributed by atoms with van der Waals surface area (Å²) < 4.78 is 32.5. The largest absolute Gasteiger partial charge is 0.492 e. The van der Waals surface area contributed by atoms with E-state index in [0.29, 0.717) is 17.4 Å². The Labute approximate surface area is 120 Å². The minimum atomic E-state index is -3.62. The summed E-state index contributed by atoms with van der Waals surface area (Å²) in [6.45, 7) is 7.77. The number of sulfonamides is 1. The van der Waals surface area contributed by atoms with Gasteiger partial charge in [0.25, 0.3) is 0 Å². The van der Waals surface area contributed by atoms with Crippen LogP contribution in [0.4, 0.5) is 0 Å². The molecule has 19 heavy (non-hydrogen) atoms. The van der Waals surface area contributed by atoms with Crippen molar-refractivity contribution in [2.24, 2.45) is 0 Å². The van der Waals surface area contributed by atoms with Gasteiger partial charge in [0.05, 0.1) is 6.61 Å².